The number of rotatable bonds is 5. The molecule has 0 aliphatic rings. The molecule has 10 heteroatoms. The van der Waals surface area contributed by atoms with Crippen LogP contribution in [0.15, 0.2) is 55.1 Å². The zero-order valence-electron chi connectivity index (χ0n) is 15.0. The molecule has 0 bridgehead atoms. The fourth-order valence-corrected chi connectivity index (χ4v) is 2.67. The van der Waals surface area contributed by atoms with E-state index in [1.807, 2.05) is 18.2 Å². The molecule has 3 N–H and O–H groups in total. The molecular weight excluding hydrogens is 358 g/mol. The number of pyridine rings is 1. The van der Waals surface area contributed by atoms with Gasteiger partial charge in [0.05, 0.1) is 17.6 Å². The standard InChI is InChI=1S/C18H17N9O/c1-26-16(8-15(25-26)14-4-2-3-6-20-14)24-17(28)11-27-10-12(9-22-27)13-5-7-21-18(19)23-13/h2-10H,11H2,1H3,(H,24,28)(H2,19,21,23). The van der Waals surface area contributed by atoms with Crippen LogP contribution in [0.25, 0.3) is 22.6 Å². The van der Waals surface area contributed by atoms with E-state index in [9.17, 15) is 4.79 Å². The number of nitrogens with one attached hydrogen (secondary N) is 1. The van der Waals surface area contributed by atoms with Gasteiger partial charge in [-0.15, -0.1) is 0 Å². The SMILES string of the molecule is Cn1nc(-c2ccccn2)cc1NC(=O)Cn1cc(-c2ccnc(N)n2)cn1. The summed E-state index contributed by atoms with van der Waals surface area (Å²) in [6.07, 6.45) is 6.62. The van der Waals surface area contributed by atoms with E-state index in [1.54, 1.807) is 48.6 Å². The van der Waals surface area contributed by atoms with Crippen LogP contribution >= 0.6 is 0 Å². The number of hydrogen-bond donors (Lipinski definition) is 2. The number of nitrogen functional groups attached to an aromatic ring is 1. The lowest BCUT2D eigenvalue weighted by Gasteiger charge is -2.05. The average molecular weight is 375 g/mol. The Hall–Kier alpha value is -4.08. The number of carbonyl (C=O) groups is 1. The van der Waals surface area contributed by atoms with Gasteiger partial charge < -0.3 is 11.1 Å². The maximum atomic E-state index is 12.4. The van der Waals surface area contributed by atoms with E-state index < -0.39 is 0 Å². The van der Waals surface area contributed by atoms with Gasteiger partial charge in [-0.25, -0.2) is 9.97 Å². The monoisotopic (exact) mass is 375 g/mol. The van der Waals surface area contributed by atoms with Crippen LogP contribution in [0.4, 0.5) is 11.8 Å². The van der Waals surface area contributed by atoms with Crippen molar-refractivity contribution in [3.05, 3.63) is 55.1 Å². The van der Waals surface area contributed by atoms with Gasteiger partial charge in [-0.1, -0.05) is 6.07 Å². The number of amides is 1. The van der Waals surface area contributed by atoms with Crippen molar-refractivity contribution in [1.82, 2.24) is 34.5 Å². The molecule has 0 aliphatic carbocycles. The van der Waals surface area contributed by atoms with Crippen LogP contribution in [-0.2, 0) is 18.4 Å². The van der Waals surface area contributed by atoms with E-state index >= 15 is 0 Å². The molecule has 0 saturated carbocycles. The lowest BCUT2D eigenvalue weighted by Crippen LogP contribution is -2.20. The molecule has 0 spiro atoms. The second kappa shape index (κ2) is 7.27. The minimum absolute atomic E-state index is 0.0463. The van der Waals surface area contributed by atoms with Gasteiger partial charge in [0.15, 0.2) is 0 Å². The van der Waals surface area contributed by atoms with Crippen molar-refractivity contribution in [1.29, 1.82) is 0 Å². The van der Waals surface area contributed by atoms with Crippen molar-refractivity contribution in [3.8, 4) is 22.6 Å². The summed E-state index contributed by atoms with van der Waals surface area (Å²) in [5, 5.41) is 11.4. The summed E-state index contributed by atoms with van der Waals surface area (Å²) in [6, 6.07) is 9.09. The Morgan fingerprint density at radius 1 is 1.14 bits per heavy atom. The van der Waals surface area contributed by atoms with Crippen LogP contribution in [0.1, 0.15) is 0 Å². The smallest absolute Gasteiger partial charge is 0.247 e. The molecule has 4 aromatic heterocycles. The van der Waals surface area contributed by atoms with Crippen LogP contribution < -0.4 is 11.1 Å². The highest BCUT2D eigenvalue weighted by molar-refractivity contribution is 5.90. The Morgan fingerprint density at radius 2 is 2.04 bits per heavy atom. The molecule has 0 unspecified atom stereocenters. The summed E-state index contributed by atoms with van der Waals surface area (Å²) in [5.74, 6) is 0.525. The van der Waals surface area contributed by atoms with Crippen LogP contribution in [0.3, 0.4) is 0 Å². The highest BCUT2D eigenvalue weighted by Gasteiger charge is 2.12. The minimum Gasteiger partial charge on any atom is -0.368 e. The number of hydrogen-bond acceptors (Lipinski definition) is 7. The van der Waals surface area contributed by atoms with Gasteiger partial charge in [-0.05, 0) is 18.2 Å². The largest absolute Gasteiger partial charge is 0.368 e. The lowest BCUT2D eigenvalue weighted by molar-refractivity contribution is -0.116. The average Bonchev–Trinajstić information content (AvgIpc) is 3.30. The molecule has 0 atom stereocenters. The Balaban J connectivity index is 1.45. The first-order chi connectivity index (χ1) is 13.6. The molecule has 0 aromatic carbocycles. The van der Waals surface area contributed by atoms with Crippen LogP contribution in [0, 0.1) is 0 Å². The van der Waals surface area contributed by atoms with Crippen molar-refractivity contribution >= 4 is 17.7 Å². The van der Waals surface area contributed by atoms with Gasteiger partial charge in [-0.2, -0.15) is 10.2 Å². The summed E-state index contributed by atoms with van der Waals surface area (Å²) in [6.45, 7) is 0.0463. The van der Waals surface area contributed by atoms with E-state index in [4.69, 9.17) is 5.73 Å². The fraction of sp³-hybridized carbons (Fsp3) is 0.111. The van der Waals surface area contributed by atoms with E-state index in [0.29, 0.717) is 17.2 Å². The zero-order chi connectivity index (χ0) is 19.5. The number of carbonyl (C=O) groups excluding carboxylic acids is 1. The molecule has 4 rings (SSSR count). The number of aromatic nitrogens is 7. The van der Waals surface area contributed by atoms with Gasteiger partial charge in [0, 0.05) is 37.3 Å². The molecule has 0 radical (unpaired) electrons. The number of anilines is 2. The van der Waals surface area contributed by atoms with Crippen LogP contribution in [-0.4, -0.2) is 40.4 Å². The summed E-state index contributed by atoms with van der Waals surface area (Å²) < 4.78 is 3.12. The summed E-state index contributed by atoms with van der Waals surface area (Å²) in [7, 11) is 1.76. The van der Waals surface area contributed by atoms with Gasteiger partial charge in [-0.3, -0.25) is 19.1 Å². The molecular formula is C18H17N9O. The number of nitrogens with two attached hydrogens (primary N) is 1. The predicted octanol–water partition coefficient (Wildman–Crippen LogP) is 1.36. The topological polar surface area (TPSA) is 129 Å². The second-order valence-electron chi connectivity index (χ2n) is 6.03. The normalized spacial score (nSPS) is 10.8. The van der Waals surface area contributed by atoms with Crippen LogP contribution in [0.2, 0.25) is 0 Å². The zero-order valence-corrected chi connectivity index (χ0v) is 15.0. The molecule has 10 nitrogen and oxygen atoms in total. The molecule has 4 heterocycles. The highest BCUT2D eigenvalue weighted by Crippen LogP contribution is 2.19. The Morgan fingerprint density at radius 3 is 2.82 bits per heavy atom. The third-order valence-corrected chi connectivity index (χ3v) is 3.98. The summed E-state index contributed by atoms with van der Waals surface area (Å²) in [4.78, 5) is 24.7. The highest BCUT2D eigenvalue weighted by atomic mass is 16.2. The van der Waals surface area contributed by atoms with E-state index in [2.05, 4.69) is 30.5 Å². The Bertz CT molecular complexity index is 1120. The van der Waals surface area contributed by atoms with Crippen molar-refractivity contribution in [2.24, 2.45) is 7.05 Å². The first-order valence-corrected chi connectivity index (χ1v) is 8.45. The molecule has 1 amide bonds. The van der Waals surface area contributed by atoms with Crippen molar-refractivity contribution in [3.63, 3.8) is 0 Å². The van der Waals surface area contributed by atoms with Crippen molar-refractivity contribution in [2.75, 3.05) is 11.1 Å². The van der Waals surface area contributed by atoms with Gasteiger partial charge >= 0.3 is 0 Å². The fourth-order valence-electron chi connectivity index (χ4n) is 2.67. The predicted molar refractivity (Wildman–Crippen MR) is 103 cm³/mol. The van der Waals surface area contributed by atoms with Gasteiger partial charge in [0.1, 0.15) is 18.1 Å². The first kappa shape index (κ1) is 17.3. The second-order valence-corrected chi connectivity index (χ2v) is 6.03. The van der Waals surface area contributed by atoms with Gasteiger partial charge in [0.25, 0.3) is 0 Å². The third-order valence-electron chi connectivity index (χ3n) is 3.98. The molecule has 0 fully saturated rings. The van der Waals surface area contributed by atoms with Crippen molar-refractivity contribution < 1.29 is 4.79 Å². The van der Waals surface area contributed by atoms with Crippen molar-refractivity contribution in [2.45, 2.75) is 6.54 Å². The molecule has 0 aliphatic heterocycles. The maximum Gasteiger partial charge on any atom is 0.247 e. The van der Waals surface area contributed by atoms with E-state index in [1.165, 1.54) is 4.68 Å². The summed E-state index contributed by atoms with van der Waals surface area (Å²) >= 11 is 0. The lowest BCUT2D eigenvalue weighted by atomic mass is 10.2. The molecule has 140 valence electrons. The third kappa shape index (κ3) is 3.70. The first-order valence-electron chi connectivity index (χ1n) is 8.45. The van der Waals surface area contributed by atoms with Crippen LogP contribution in [0.5, 0.6) is 0 Å². The van der Waals surface area contributed by atoms with E-state index in [0.717, 1.165) is 11.3 Å². The number of aryl methyl sites for hydroxylation is 1. The van der Waals surface area contributed by atoms with E-state index in [-0.39, 0.29) is 18.4 Å². The number of nitrogens with zero attached hydrogens (tertiary/aromatic N) is 7. The van der Waals surface area contributed by atoms with Gasteiger partial charge in [0.2, 0.25) is 11.9 Å². The minimum atomic E-state index is -0.229. The Labute approximate surface area is 160 Å². The maximum absolute atomic E-state index is 12.4. The molecule has 4 aromatic rings. The summed E-state index contributed by atoms with van der Waals surface area (Å²) in [5.41, 5.74) is 8.41. The molecule has 28 heavy (non-hydrogen) atoms. The molecule has 0 saturated heterocycles. The Kier molecular flexibility index (Phi) is 4.50. The quantitative estimate of drug-likeness (QED) is 0.538.